The lowest BCUT2D eigenvalue weighted by Gasteiger charge is -2.28. The summed E-state index contributed by atoms with van der Waals surface area (Å²) in [6, 6.07) is 6.48. The summed E-state index contributed by atoms with van der Waals surface area (Å²) in [4.78, 5) is 12.0. The number of hydrogen-bond acceptors (Lipinski definition) is 2. The largest absolute Gasteiger partial charge is 0.368 e. The van der Waals surface area contributed by atoms with Crippen molar-refractivity contribution in [2.24, 2.45) is 0 Å². The lowest BCUT2D eigenvalue weighted by molar-refractivity contribution is -0.131. The highest BCUT2D eigenvalue weighted by atomic mass is 19.1. The van der Waals surface area contributed by atoms with Crippen LogP contribution >= 0.6 is 0 Å². The molecular formula is C14H18FNO2. The van der Waals surface area contributed by atoms with Crippen LogP contribution in [0.3, 0.4) is 0 Å². The fourth-order valence-corrected chi connectivity index (χ4v) is 2.21. The highest BCUT2D eigenvalue weighted by Gasteiger charge is 2.31. The van der Waals surface area contributed by atoms with E-state index < -0.39 is 11.6 Å². The molecule has 1 amide bonds. The quantitative estimate of drug-likeness (QED) is 0.895. The summed E-state index contributed by atoms with van der Waals surface area (Å²) in [6.07, 6.45) is 1.24. The van der Waals surface area contributed by atoms with Gasteiger partial charge in [0.25, 0.3) is 0 Å². The van der Waals surface area contributed by atoms with Crippen molar-refractivity contribution in [1.29, 1.82) is 0 Å². The van der Waals surface area contributed by atoms with Crippen molar-refractivity contribution in [2.45, 2.75) is 38.3 Å². The van der Waals surface area contributed by atoms with Crippen LogP contribution in [0, 0.1) is 5.82 Å². The number of carbonyl (C=O) groups is 1. The van der Waals surface area contributed by atoms with Crippen LogP contribution in [0.5, 0.6) is 0 Å². The fraction of sp³-hybridized carbons (Fsp3) is 0.500. The Morgan fingerprint density at radius 1 is 1.44 bits per heavy atom. The van der Waals surface area contributed by atoms with E-state index in [9.17, 15) is 9.18 Å². The molecule has 1 aromatic carbocycles. The average molecular weight is 251 g/mol. The van der Waals surface area contributed by atoms with Crippen molar-refractivity contribution in [2.75, 3.05) is 6.61 Å². The van der Waals surface area contributed by atoms with Crippen LogP contribution in [0.25, 0.3) is 0 Å². The Morgan fingerprint density at radius 3 is 2.78 bits per heavy atom. The lowest BCUT2D eigenvalue weighted by atomic mass is 9.93. The van der Waals surface area contributed by atoms with Crippen LogP contribution in [-0.4, -0.2) is 18.6 Å². The fourth-order valence-electron chi connectivity index (χ4n) is 2.21. The smallest absolute Gasteiger partial charge is 0.249 e. The first-order valence-corrected chi connectivity index (χ1v) is 6.19. The first kappa shape index (κ1) is 13.0. The van der Waals surface area contributed by atoms with Crippen LogP contribution in [0.2, 0.25) is 0 Å². The summed E-state index contributed by atoms with van der Waals surface area (Å²) in [6.45, 7) is 4.20. The van der Waals surface area contributed by atoms with Gasteiger partial charge in [0.15, 0.2) is 0 Å². The van der Waals surface area contributed by atoms with Crippen molar-refractivity contribution >= 4 is 5.91 Å². The van der Waals surface area contributed by atoms with E-state index in [1.165, 1.54) is 6.07 Å². The number of nitrogens with one attached hydrogen (secondary N) is 1. The predicted molar refractivity (Wildman–Crippen MR) is 66.5 cm³/mol. The maximum atomic E-state index is 13.7. The Hall–Kier alpha value is -1.42. The molecular weight excluding hydrogens is 233 g/mol. The lowest BCUT2D eigenvalue weighted by Crippen LogP contribution is -2.46. The molecule has 3 nitrogen and oxygen atoms in total. The van der Waals surface area contributed by atoms with E-state index in [1.807, 2.05) is 0 Å². The Kier molecular flexibility index (Phi) is 3.66. The zero-order valence-corrected chi connectivity index (χ0v) is 10.7. The van der Waals surface area contributed by atoms with E-state index >= 15 is 0 Å². The average Bonchev–Trinajstić information content (AvgIpc) is 2.82. The minimum absolute atomic E-state index is 0.166. The van der Waals surface area contributed by atoms with Gasteiger partial charge in [-0.15, -0.1) is 0 Å². The van der Waals surface area contributed by atoms with Crippen LogP contribution in [0.1, 0.15) is 32.3 Å². The second kappa shape index (κ2) is 5.06. The van der Waals surface area contributed by atoms with Crippen LogP contribution in [0.15, 0.2) is 24.3 Å². The molecule has 1 aromatic rings. The third-order valence-electron chi connectivity index (χ3n) is 3.21. The van der Waals surface area contributed by atoms with Gasteiger partial charge in [-0.05, 0) is 32.8 Å². The molecule has 1 aliphatic heterocycles. The van der Waals surface area contributed by atoms with E-state index in [-0.39, 0.29) is 11.7 Å². The molecule has 98 valence electrons. The Balaban J connectivity index is 2.11. The summed E-state index contributed by atoms with van der Waals surface area (Å²) in [5, 5.41) is 2.85. The van der Waals surface area contributed by atoms with Crippen LogP contribution < -0.4 is 5.32 Å². The molecule has 1 fully saturated rings. The molecule has 1 heterocycles. The highest BCUT2D eigenvalue weighted by Crippen LogP contribution is 2.24. The Morgan fingerprint density at radius 2 is 2.17 bits per heavy atom. The van der Waals surface area contributed by atoms with Crippen molar-refractivity contribution in [3.05, 3.63) is 35.6 Å². The van der Waals surface area contributed by atoms with Crippen molar-refractivity contribution in [3.63, 3.8) is 0 Å². The van der Waals surface area contributed by atoms with Gasteiger partial charge in [0.1, 0.15) is 11.9 Å². The molecule has 2 rings (SSSR count). The maximum Gasteiger partial charge on any atom is 0.249 e. The van der Waals surface area contributed by atoms with Gasteiger partial charge in [-0.3, -0.25) is 4.79 Å². The summed E-state index contributed by atoms with van der Waals surface area (Å²) >= 11 is 0. The zero-order valence-electron chi connectivity index (χ0n) is 10.7. The molecule has 0 saturated carbocycles. The van der Waals surface area contributed by atoms with E-state index in [1.54, 1.807) is 32.0 Å². The van der Waals surface area contributed by atoms with Crippen LogP contribution in [-0.2, 0) is 15.1 Å². The van der Waals surface area contributed by atoms with Gasteiger partial charge in [0.2, 0.25) is 5.91 Å². The number of ether oxygens (including phenoxy) is 1. The minimum Gasteiger partial charge on any atom is -0.368 e. The van der Waals surface area contributed by atoms with E-state index in [4.69, 9.17) is 4.74 Å². The van der Waals surface area contributed by atoms with Gasteiger partial charge in [-0.1, -0.05) is 18.2 Å². The van der Waals surface area contributed by atoms with Crippen LogP contribution in [0.4, 0.5) is 4.39 Å². The van der Waals surface area contributed by atoms with Gasteiger partial charge in [-0.2, -0.15) is 0 Å². The molecule has 0 radical (unpaired) electrons. The molecule has 0 spiro atoms. The second-order valence-corrected chi connectivity index (χ2v) is 5.10. The maximum absolute atomic E-state index is 13.7. The predicted octanol–water partition coefficient (Wildman–Crippen LogP) is 2.36. The summed E-state index contributed by atoms with van der Waals surface area (Å²) in [7, 11) is 0. The Bertz CT molecular complexity index is 439. The van der Waals surface area contributed by atoms with Crippen molar-refractivity contribution in [1.82, 2.24) is 5.32 Å². The normalized spacial score (nSPS) is 19.8. The number of rotatable bonds is 3. The highest BCUT2D eigenvalue weighted by molar-refractivity contribution is 5.81. The van der Waals surface area contributed by atoms with E-state index in [0.29, 0.717) is 12.2 Å². The first-order valence-electron chi connectivity index (χ1n) is 6.19. The summed E-state index contributed by atoms with van der Waals surface area (Å²) in [5.74, 6) is -0.476. The topological polar surface area (TPSA) is 38.3 Å². The molecule has 1 N–H and O–H groups in total. The standard InChI is InChI=1S/C14H18FNO2/c1-14(2,10-6-3-4-7-11(10)15)16-13(17)12-8-5-9-18-12/h3-4,6-7,12H,5,8-9H2,1-2H3,(H,16,17). The first-order chi connectivity index (χ1) is 8.50. The molecule has 1 aliphatic rings. The zero-order chi connectivity index (χ0) is 13.2. The van der Waals surface area contributed by atoms with Gasteiger partial charge >= 0.3 is 0 Å². The third kappa shape index (κ3) is 2.70. The monoisotopic (exact) mass is 251 g/mol. The van der Waals surface area contributed by atoms with Crippen molar-refractivity contribution < 1.29 is 13.9 Å². The number of amides is 1. The number of benzene rings is 1. The van der Waals surface area contributed by atoms with E-state index in [0.717, 1.165) is 12.8 Å². The second-order valence-electron chi connectivity index (χ2n) is 5.10. The molecule has 0 aromatic heterocycles. The van der Waals surface area contributed by atoms with Gasteiger partial charge in [-0.25, -0.2) is 4.39 Å². The number of carbonyl (C=O) groups excluding carboxylic acids is 1. The minimum atomic E-state index is -0.742. The number of hydrogen-bond donors (Lipinski definition) is 1. The molecule has 0 aliphatic carbocycles. The molecule has 1 unspecified atom stereocenters. The van der Waals surface area contributed by atoms with Gasteiger partial charge < -0.3 is 10.1 Å². The SMILES string of the molecule is CC(C)(NC(=O)C1CCCO1)c1ccccc1F. The molecule has 18 heavy (non-hydrogen) atoms. The molecule has 1 saturated heterocycles. The van der Waals surface area contributed by atoms with Crippen molar-refractivity contribution in [3.8, 4) is 0 Å². The van der Waals surface area contributed by atoms with E-state index in [2.05, 4.69) is 5.32 Å². The molecule has 4 heteroatoms. The Labute approximate surface area is 106 Å². The molecule has 0 bridgehead atoms. The summed E-state index contributed by atoms with van der Waals surface area (Å²) in [5.41, 5.74) is -0.259. The summed E-state index contributed by atoms with van der Waals surface area (Å²) < 4.78 is 19.1. The third-order valence-corrected chi connectivity index (χ3v) is 3.21. The van der Waals surface area contributed by atoms with Gasteiger partial charge in [0.05, 0.1) is 5.54 Å². The molecule has 1 atom stereocenters. The number of halogens is 1. The van der Waals surface area contributed by atoms with Gasteiger partial charge in [0, 0.05) is 12.2 Å².